The van der Waals surface area contributed by atoms with Crippen molar-refractivity contribution in [1.29, 1.82) is 0 Å². The van der Waals surface area contributed by atoms with Crippen LogP contribution >= 0.6 is 8.60 Å². The van der Waals surface area contributed by atoms with Gasteiger partial charge in [-0.25, -0.2) is 0 Å². The second-order valence-corrected chi connectivity index (χ2v) is 10.5. The number of allylic oxidation sites excluding steroid dienone is 1. The van der Waals surface area contributed by atoms with E-state index in [9.17, 15) is 9.79 Å². The SMILES string of the molecule is CCC(=C(c1ccc(OCCNC2CCCCC2)cc1)c1ccc(OP(O)O)cc1)c1ccc2c(c1)OCO2. The van der Waals surface area contributed by atoms with Crippen LogP contribution in [0.25, 0.3) is 11.1 Å². The van der Waals surface area contributed by atoms with Gasteiger partial charge in [-0.2, -0.15) is 0 Å². The fourth-order valence-electron chi connectivity index (χ4n) is 5.36. The lowest BCUT2D eigenvalue weighted by Gasteiger charge is -2.22. The number of hydrogen-bond donors (Lipinski definition) is 3. The minimum Gasteiger partial charge on any atom is -0.492 e. The molecule has 1 aliphatic carbocycles. The average Bonchev–Trinajstić information content (AvgIpc) is 3.43. The van der Waals surface area contributed by atoms with E-state index in [-0.39, 0.29) is 6.79 Å². The van der Waals surface area contributed by atoms with Crippen molar-refractivity contribution in [3.05, 3.63) is 83.4 Å². The quantitative estimate of drug-likeness (QED) is 0.140. The first-order valence-corrected chi connectivity index (χ1v) is 14.8. The van der Waals surface area contributed by atoms with Gasteiger partial charge in [-0.1, -0.05) is 56.5 Å². The molecule has 206 valence electrons. The maximum Gasteiger partial charge on any atom is 0.391 e. The van der Waals surface area contributed by atoms with Crippen molar-refractivity contribution in [3.63, 3.8) is 0 Å². The predicted molar refractivity (Wildman–Crippen MR) is 154 cm³/mol. The Morgan fingerprint density at radius 1 is 0.846 bits per heavy atom. The summed E-state index contributed by atoms with van der Waals surface area (Å²) >= 11 is 0. The molecule has 3 N–H and O–H groups in total. The first kappa shape index (κ1) is 27.5. The van der Waals surface area contributed by atoms with Gasteiger partial charge in [0.2, 0.25) is 6.79 Å². The normalized spacial score (nSPS) is 15.8. The molecule has 1 aliphatic heterocycles. The molecule has 3 aromatic rings. The Balaban J connectivity index is 1.39. The van der Waals surface area contributed by atoms with Crippen LogP contribution in [0.4, 0.5) is 0 Å². The molecule has 2 aliphatic rings. The smallest absolute Gasteiger partial charge is 0.391 e. The Kier molecular flexibility index (Phi) is 9.38. The fraction of sp³-hybridized carbons (Fsp3) is 0.355. The van der Waals surface area contributed by atoms with Gasteiger partial charge in [-0.15, -0.1) is 0 Å². The van der Waals surface area contributed by atoms with E-state index in [2.05, 4.69) is 30.4 Å². The molecule has 0 aromatic heterocycles. The molecule has 7 nitrogen and oxygen atoms in total. The summed E-state index contributed by atoms with van der Waals surface area (Å²) in [5.41, 5.74) is 5.32. The molecule has 0 spiro atoms. The first-order valence-electron chi connectivity index (χ1n) is 13.7. The van der Waals surface area contributed by atoms with E-state index in [1.165, 1.54) is 32.1 Å². The number of ether oxygens (including phenoxy) is 3. The van der Waals surface area contributed by atoms with E-state index in [1.807, 2.05) is 36.4 Å². The van der Waals surface area contributed by atoms with Crippen LogP contribution in [0.2, 0.25) is 0 Å². The largest absolute Gasteiger partial charge is 0.492 e. The summed E-state index contributed by atoms with van der Waals surface area (Å²) in [4.78, 5) is 18.5. The number of nitrogens with one attached hydrogen (secondary N) is 1. The third-order valence-corrected chi connectivity index (χ3v) is 7.63. The summed E-state index contributed by atoms with van der Waals surface area (Å²) in [6.45, 7) is 3.85. The van der Waals surface area contributed by atoms with E-state index in [4.69, 9.17) is 18.7 Å². The molecule has 0 amide bonds. The lowest BCUT2D eigenvalue weighted by molar-refractivity contribution is 0.174. The van der Waals surface area contributed by atoms with Crippen molar-refractivity contribution >= 4 is 19.7 Å². The summed E-state index contributed by atoms with van der Waals surface area (Å²) in [5, 5.41) is 3.63. The lowest BCUT2D eigenvalue weighted by atomic mass is 9.88. The minimum absolute atomic E-state index is 0.230. The Labute approximate surface area is 231 Å². The van der Waals surface area contributed by atoms with Crippen LogP contribution in [-0.4, -0.2) is 35.8 Å². The monoisotopic (exact) mass is 549 g/mol. The van der Waals surface area contributed by atoms with Gasteiger partial charge in [-0.05, 0) is 83.5 Å². The van der Waals surface area contributed by atoms with Crippen LogP contribution < -0.4 is 24.1 Å². The molecule has 3 aromatic carbocycles. The van der Waals surface area contributed by atoms with Crippen molar-refractivity contribution in [3.8, 4) is 23.0 Å². The van der Waals surface area contributed by atoms with Crippen LogP contribution in [0.15, 0.2) is 66.7 Å². The lowest BCUT2D eigenvalue weighted by Crippen LogP contribution is -2.34. The number of rotatable bonds is 11. The van der Waals surface area contributed by atoms with Gasteiger partial charge in [0.15, 0.2) is 11.5 Å². The van der Waals surface area contributed by atoms with Crippen LogP contribution in [0, 0.1) is 0 Å². The predicted octanol–water partition coefficient (Wildman–Crippen LogP) is 6.68. The summed E-state index contributed by atoms with van der Waals surface area (Å²) in [6.07, 6.45) is 7.32. The van der Waals surface area contributed by atoms with E-state index >= 15 is 0 Å². The Morgan fingerprint density at radius 3 is 2.15 bits per heavy atom. The molecule has 39 heavy (non-hydrogen) atoms. The molecule has 0 saturated heterocycles. The zero-order chi connectivity index (χ0) is 27.0. The zero-order valence-corrected chi connectivity index (χ0v) is 23.2. The second kappa shape index (κ2) is 13.3. The van der Waals surface area contributed by atoms with Gasteiger partial charge in [0.05, 0.1) is 0 Å². The molecule has 1 fully saturated rings. The third-order valence-electron chi connectivity index (χ3n) is 7.26. The highest BCUT2D eigenvalue weighted by Crippen LogP contribution is 2.40. The highest BCUT2D eigenvalue weighted by atomic mass is 31.2. The van der Waals surface area contributed by atoms with Crippen molar-refractivity contribution in [2.45, 2.75) is 51.5 Å². The van der Waals surface area contributed by atoms with Gasteiger partial charge in [0.25, 0.3) is 0 Å². The summed E-state index contributed by atoms with van der Waals surface area (Å²) in [7, 11) is -2.47. The fourth-order valence-corrected chi connectivity index (χ4v) is 5.67. The van der Waals surface area contributed by atoms with Gasteiger partial charge in [0.1, 0.15) is 18.1 Å². The van der Waals surface area contributed by atoms with Crippen LogP contribution in [0.1, 0.15) is 62.1 Å². The molecular formula is C31H36NO6P. The van der Waals surface area contributed by atoms with Crippen LogP contribution in [-0.2, 0) is 0 Å². The van der Waals surface area contributed by atoms with Crippen molar-refractivity contribution in [2.75, 3.05) is 19.9 Å². The van der Waals surface area contributed by atoms with Crippen molar-refractivity contribution in [2.24, 2.45) is 0 Å². The second-order valence-electron chi connectivity index (χ2n) is 9.81. The van der Waals surface area contributed by atoms with Crippen molar-refractivity contribution in [1.82, 2.24) is 5.32 Å². The standard InChI is InChI=1S/C31H36NO6P/c1-2-28(24-12-17-29-30(20-24)37-21-36-29)31(23-10-15-27(16-11-23)38-39(33)34)22-8-13-26(14-9-22)35-19-18-32-25-6-4-3-5-7-25/h8-17,20,25,32-34H,2-7,18-19,21H2,1H3. The molecule has 5 rings (SSSR count). The van der Waals surface area contributed by atoms with Crippen LogP contribution in [0.3, 0.4) is 0 Å². The maximum atomic E-state index is 9.23. The van der Waals surface area contributed by atoms with E-state index in [0.29, 0.717) is 18.4 Å². The van der Waals surface area contributed by atoms with E-state index in [1.54, 1.807) is 12.1 Å². The zero-order valence-electron chi connectivity index (χ0n) is 22.3. The summed E-state index contributed by atoms with van der Waals surface area (Å²) in [5.74, 6) is 2.74. The third kappa shape index (κ3) is 7.11. The Hall–Kier alpha value is -3.09. The average molecular weight is 550 g/mol. The Morgan fingerprint density at radius 2 is 1.49 bits per heavy atom. The number of fused-ring (bicyclic) bond motifs is 1. The number of benzene rings is 3. The molecule has 0 atom stereocenters. The highest BCUT2D eigenvalue weighted by Gasteiger charge is 2.18. The maximum absolute atomic E-state index is 9.23. The van der Waals surface area contributed by atoms with Gasteiger partial charge in [-0.3, -0.25) is 0 Å². The van der Waals surface area contributed by atoms with E-state index < -0.39 is 8.60 Å². The molecule has 0 bridgehead atoms. The summed E-state index contributed by atoms with van der Waals surface area (Å²) in [6, 6.07) is 22.3. The molecular weight excluding hydrogens is 513 g/mol. The minimum atomic E-state index is -2.47. The Bertz CT molecular complexity index is 1250. The molecule has 0 unspecified atom stereocenters. The first-order chi connectivity index (χ1) is 19.1. The van der Waals surface area contributed by atoms with Gasteiger partial charge in [0, 0.05) is 12.6 Å². The van der Waals surface area contributed by atoms with Gasteiger partial charge < -0.3 is 33.8 Å². The van der Waals surface area contributed by atoms with Crippen LogP contribution in [0.5, 0.6) is 23.0 Å². The molecule has 0 radical (unpaired) electrons. The van der Waals surface area contributed by atoms with Gasteiger partial charge >= 0.3 is 8.60 Å². The highest BCUT2D eigenvalue weighted by molar-refractivity contribution is 7.39. The summed E-state index contributed by atoms with van der Waals surface area (Å²) < 4.78 is 22.3. The molecule has 8 heteroatoms. The molecule has 1 heterocycles. The number of hydrogen-bond acceptors (Lipinski definition) is 7. The topological polar surface area (TPSA) is 89.4 Å². The van der Waals surface area contributed by atoms with E-state index in [0.717, 1.165) is 58.1 Å². The molecule has 1 saturated carbocycles. The van der Waals surface area contributed by atoms with Crippen molar-refractivity contribution < 1.29 is 28.5 Å².